The summed E-state index contributed by atoms with van der Waals surface area (Å²) in [4.78, 5) is 40.4. The van der Waals surface area contributed by atoms with Gasteiger partial charge in [0.15, 0.2) is 17.8 Å². The van der Waals surface area contributed by atoms with Crippen LogP contribution in [0.3, 0.4) is 0 Å². The first-order chi connectivity index (χ1) is 17.0. The molecular weight excluding hydrogens is 450 g/mol. The first-order valence-electron chi connectivity index (χ1n) is 11.6. The number of carbonyl (C=O) groups excluding carboxylic acids is 2. The second kappa shape index (κ2) is 9.61. The average molecular weight is 476 g/mol. The largest absolute Gasteiger partial charge is 0.480 e. The molecule has 0 spiro atoms. The van der Waals surface area contributed by atoms with Gasteiger partial charge in [-0.2, -0.15) is 0 Å². The fraction of sp³-hybridized carbons (Fsp3) is 0.308. The number of benzene rings is 2. The summed E-state index contributed by atoms with van der Waals surface area (Å²) in [7, 11) is 0. The van der Waals surface area contributed by atoms with Crippen molar-refractivity contribution >= 4 is 18.0 Å². The van der Waals surface area contributed by atoms with Crippen molar-refractivity contribution < 1.29 is 28.6 Å². The third kappa shape index (κ3) is 4.89. The normalized spacial score (nSPS) is 15.1. The fourth-order valence-electron chi connectivity index (χ4n) is 4.52. The highest BCUT2D eigenvalue weighted by atomic mass is 16.5. The number of amides is 2. The van der Waals surface area contributed by atoms with Crippen molar-refractivity contribution in [3.05, 3.63) is 77.5 Å². The molecule has 180 valence electrons. The molecule has 3 aromatic rings. The molecule has 1 heterocycles. The van der Waals surface area contributed by atoms with Crippen LogP contribution in [-0.2, 0) is 16.1 Å². The maximum atomic E-state index is 12.6. The van der Waals surface area contributed by atoms with E-state index in [1.54, 1.807) is 0 Å². The summed E-state index contributed by atoms with van der Waals surface area (Å²) in [5.74, 6) is -1.38. The summed E-state index contributed by atoms with van der Waals surface area (Å²) in [5, 5.41) is 14.5. The van der Waals surface area contributed by atoms with Crippen LogP contribution in [0, 0.1) is 5.92 Å². The molecule has 2 aromatic carbocycles. The van der Waals surface area contributed by atoms with Gasteiger partial charge in [0, 0.05) is 5.92 Å². The molecular formula is C26H25N3O6. The summed E-state index contributed by atoms with van der Waals surface area (Å²) in [5.41, 5.74) is 4.42. The average Bonchev–Trinajstić information content (AvgIpc) is 3.45. The van der Waals surface area contributed by atoms with Gasteiger partial charge in [0.05, 0.1) is 6.54 Å². The van der Waals surface area contributed by atoms with Crippen LogP contribution in [0.4, 0.5) is 4.79 Å². The number of hydrogen-bond acceptors (Lipinski definition) is 6. The number of carboxylic acids is 1. The first kappa shape index (κ1) is 22.6. The Hall–Kier alpha value is -4.14. The van der Waals surface area contributed by atoms with Crippen LogP contribution in [0.5, 0.6) is 0 Å². The number of nitrogens with zero attached hydrogens (tertiary/aromatic N) is 1. The molecule has 1 saturated carbocycles. The number of carbonyl (C=O) groups is 3. The molecule has 0 aliphatic heterocycles. The molecule has 0 unspecified atom stereocenters. The molecule has 0 saturated heterocycles. The van der Waals surface area contributed by atoms with Crippen molar-refractivity contribution in [2.45, 2.75) is 37.8 Å². The molecule has 2 aliphatic rings. The fourth-order valence-corrected chi connectivity index (χ4v) is 4.52. The molecule has 1 aromatic heterocycles. The number of rotatable bonds is 9. The molecule has 3 N–H and O–H groups in total. The van der Waals surface area contributed by atoms with Crippen molar-refractivity contribution in [1.82, 2.24) is 15.6 Å². The van der Waals surface area contributed by atoms with Crippen LogP contribution in [0.15, 0.2) is 59.3 Å². The molecule has 2 amide bonds. The number of hydrogen-bond donors (Lipinski definition) is 3. The smallest absolute Gasteiger partial charge is 0.407 e. The Morgan fingerprint density at radius 3 is 2.34 bits per heavy atom. The third-order valence-electron chi connectivity index (χ3n) is 6.46. The molecule has 5 rings (SSSR count). The number of ether oxygens (including phenoxy) is 1. The molecule has 9 heteroatoms. The maximum Gasteiger partial charge on any atom is 0.407 e. The van der Waals surface area contributed by atoms with Crippen molar-refractivity contribution in [3.63, 3.8) is 0 Å². The minimum Gasteiger partial charge on any atom is -0.480 e. The van der Waals surface area contributed by atoms with Gasteiger partial charge in [-0.15, -0.1) is 0 Å². The summed E-state index contributed by atoms with van der Waals surface area (Å²) < 4.78 is 10.7. The van der Waals surface area contributed by atoms with Crippen LogP contribution in [0.2, 0.25) is 0 Å². The summed E-state index contributed by atoms with van der Waals surface area (Å²) in [6.07, 6.45) is 2.75. The minimum absolute atomic E-state index is 0.0639. The van der Waals surface area contributed by atoms with E-state index in [-0.39, 0.29) is 30.5 Å². The Balaban J connectivity index is 1.17. The number of carboxylic acid groups (broad SMARTS) is 1. The Bertz CT molecular complexity index is 1220. The van der Waals surface area contributed by atoms with Crippen molar-refractivity contribution in [3.8, 4) is 11.1 Å². The van der Waals surface area contributed by atoms with E-state index in [2.05, 4.69) is 27.8 Å². The van der Waals surface area contributed by atoms with E-state index < -0.39 is 24.0 Å². The number of nitrogens with one attached hydrogen (secondary N) is 2. The van der Waals surface area contributed by atoms with Crippen LogP contribution in [0.1, 0.15) is 52.6 Å². The van der Waals surface area contributed by atoms with E-state index in [1.165, 1.54) is 0 Å². The van der Waals surface area contributed by atoms with Crippen molar-refractivity contribution in [2.75, 3.05) is 6.61 Å². The lowest BCUT2D eigenvalue weighted by molar-refractivity contribution is -0.139. The number of alkyl carbamates (subject to hydrolysis) is 1. The van der Waals surface area contributed by atoms with Gasteiger partial charge in [-0.25, -0.2) is 14.6 Å². The Kier molecular flexibility index (Phi) is 6.22. The van der Waals surface area contributed by atoms with Gasteiger partial charge in [-0.1, -0.05) is 61.4 Å². The van der Waals surface area contributed by atoms with E-state index in [0.717, 1.165) is 41.5 Å². The highest BCUT2D eigenvalue weighted by molar-refractivity contribution is 5.95. The predicted octanol–water partition coefficient (Wildman–Crippen LogP) is 3.70. The highest BCUT2D eigenvalue weighted by Gasteiger charge is 2.32. The van der Waals surface area contributed by atoms with Crippen LogP contribution >= 0.6 is 0 Å². The van der Waals surface area contributed by atoms with E-state index in [9.17, 15) is 19.5 Å². The maximum absolute atomic E-state index is 12.6. The van der Waals surface area contributed by atoms with E-state index in [4.69, 9.17) is 9.15 Å². The second-order valence-electron chi connectivity index (χ2n) is 8.85. The zero-order chi connectivity index (χ0) is 24.4. The number of aliphatic carboxylic acids is 1. The summed E-state index contributed by atoms with van der Waals surface area (Å²) in [6, 6.07) is 15.1. The van der Waals surface area contributed by atoms with Crippen LogP contribution in [0.25, 0.3) is 11.1 Å². The standard InChI is InChI=1S/C26H25N3O6/c30-24(29-21(25(31)32)11-15-9-10-15)23-22(35-14-28-23)12-27-26(33)34-13-20-18-7-3-1-5-16(18)17-6-2-4-8-19(17)20/h1-8,14-15,20-21H,9-13H2,(H,27,33)(H,29,30)(H,31,32)/t21-/m0/s1. The Morgan fingerprint density at radius 1 is 1.06 bits per heavy atom. The SMILES string of the molecule is O=C(NCc1ocnc1C(=O)N[C@@H](CC1CC1)C(=O)O)OCC1c2ccccc2-c2ccccc21. The number of fused-ring (bicyclic) bond motifs is 3. The van der Waals surface area contributed by atoms with E-state index in [0.29, 0.717) is 12.3 Å². The zero-order valence-corrected chi connectivity index (χ0v) is 18.9. The van der Waals surface area contributed by atoms with Gasteiger partial charge in [0.25, 0.3) is 5.91 Å². The number of aromatic nitrogens is 1. The van der Waals surface area contributed by atoms with Gasteiger partial charge in [-0.3, -0.25) is 4.79 Å². The molecule has 1 atom stereocenters. The molecule has 9 nitrogen and oxygen atoms in total. The lowest BCUT2D eigenvalue weighted by Gasteiger charge is -2.15. The van der Waals surface area contributed by atoms with E-state index >= 15 is 0 Å². The van der Waals surface area contributed by atoms with Crippen LogP contribution in [-0.4, -0.2) is 40.7 Å². The van der Waals surface area contributed by atoms with Gasteiger partial charge in [0.2, 0.25) is 0 Å². The lowest BCUT2D eigenvalue weighted by atomic mass is 9.98. The van der Waals surface area contributed by atoms with Gasteiger partial charge >= 0.3 is 12.1 Å². The Morgan fingerprint density at radius 2 is 1.71 bits per heavy atom. The summed E-state index contributed by atoms with van der Waals surface area (Å²) >= 11 is 0. The molecule has 35 heavy (non-hydrogen) atoms. The quantitative estimate of drug-likeness (QED) is 0.430. The highest BCUT2D eigenvalue weighted by Crippen LogP contribution is 2.44. The van der Waals surface area contributed by atoms with Crippen molar-refractivity contribution in [2.24, 2.45) is 5.92 Å². The molecule has 0 bridgehead atoms. The molecule has 1 fully saturated rings. The van der Waals surface area contributed by atoms with Gasteiger partial charge in [0.1, 0.15) is 12.6 Å². The lowest BCUT2D eigenvalue weighted by Crippen LogP contribution is -2.41. The molecule has 0 radical (unpaired) electrons. The second-order valence-corrected chi connectivity index (χ2v) is 8.85. The Labute approximate surface area is 201 Å². The minimum atomic E-state index is -1.09. The topological polar surface area (TPSA) is 131 Å². The molecule has 2 aliphatic carbocycles. The van der Waals surface area contributed by atoms with E-state index in [1.807, 2.05) is 36.4 Å². The number of oxazole rings is 1. The van der Waals surface area contributed by atoms with Crippen molar-refractivity contribution in [1.29, 1.82) is 0 Å². The predicted molar refractivity (Wildman–Crippen MR) is 125 cm³/mol. The summed E-state index contributed by atoms with van der Waals surface area (Å²) in [6.45, 7) is 0.0326. The monoisotopic (exact) mass is 475 g/mol. The van der Waals surface area contributed by atoms with Crippen LogP contribution < -0.4 is 10.6 Å². The van der Waals surface area contributed by atoms with Gasteiger partial charge in [-0.05, 0) is 34.6 Å². The first-order valence-corrected chi connectivity index (χ1v) is 11.6. The zero-order valence-electron chi connectivity index (χ0n) is 18.9. The van der Waals surface area contributed by atoms with Gasteiger partial charge < -0.3 is 24.9 Å². The third-order valence-corrected chi connectivity index (χ3v) is 6.46.